The second-order valence-corrected chi connectivity index (χ2v) is 15.0. The summed E-state index contributed by atoms with van der Waals surface area (Å²) in [6.07, 6.45) is -1.72. The molecule has 6 aromatic rings. The van der Waals surface area contributed by atoms with Gasteiger partial charge in [-0.1, -0.05) is 66.9 Å². The number of ether oxygens (including phenoxy) is 3. The Morgan fingerprint density at radius 1 is 0.811 bits per heavy atom. The van der Waals surface area contributed by atoms with Crippen LogP contribution in [0.25, 0.3) is 20.4 Å². The number of benzene rings is 4. The molecule has 2 heterocycles. The van der Waals surface area contributed by atoms with Gasteiger partial charge in [0.2, 0.25) is 0 Å². The van der Waals surface area contributed by atoms with Crippen molar-refractivity contribution in [3.05, 3.63) is 95.8 Å². The fourth-order valence-corrected chi connectivity index (χ4v) is 7.65. The molecule has 7 nitrogen and oxygen atoms in total. The molecule has 14 heteroatoms. The molecule has 2 aromatic heterocycles. The van der Waals surface area contributed by atoms with E-state index in [1.54, 1.807) is 18.9 Å². The smallest absolute Gasteiger partial charge is 0.417 e. The number of aromatic nitrogens is 2. The molecule has 4 aromatic carbocycles. The van der Waals surface area contributed by atoms with Crippen molar-refractivity contribution >= 4 is 54.9 Å². The number of halogens is 4. The standard InChI is InChI=1S/C20H23NO3S2.C19H17F4NO2S/c1-4-14(22)10-8-13-9-11-15(16(12-13)23-2)24-20-21-19-17(25-3)6-5-7-18(19)26-20;1-2-18(25,19(21,22)23)10-9-12-7-8-15(13(20)11-12)26-17-24-14-5-3-4-6-16(14)27-17/h5-7,9,11-12,14,22H,4,8,10H2,1-3H3;3-8,11,25H,2,9-10H2,1H3. The lowest BCUT2D eigenvalue weighted by Gasteiger charge is -2.29. The van der Waals surface area contributed by atoms with Crippen molar-refractivity contribution in [2.75, 3.05) is 13.4 Å². The van der Waals surface area contributed by atoms with Crippen LogP contribution in [0.1, 0.15) is 50.7 Å². The number of rotatable bonds is 14. The van der Waals surface area contributed by atoms with Gasteiger partial charge in [0.1, 0.15) is 0 Å². The van der Waals surface area contributed by atoms with Crippen molar-refractivity contribution in [2.45, 2.75) is 75.1 Å². The van der Waals surface area contributed by atoms with Gasteiger partial charge < -0.3 is 24.4 Å². The Kier molecular flexibility index (Phi) is 13.6. The lowest BCUT2D eigenvalue weighted by atomic mass is 9.91. The van der Waals surface area contributed by atoms with E-state index >= 15 is 0 Å². The molecule has 0 fully saturated rings. The summed E-state index contributed by atoms with van der Waals surface area (Å²) < 4.78 is 72.1. The lowest BCUT2D eigenvalue weighted by molar-refractivity contribution is -0.263. The monoisotopic (exact) mass is 788 g/mol. The minimum Gasteiger partial charge on any atom is -0.493 e. The number of thioether (sulfide) groups is 1. The second kappa shape index (κ2) is 17.9. The average molecular weight is 789 g/mol. The Bertz CT molecular complexity index is 2090. The molecule has 0 amide bonds. The molecule has 0 saturated carbocycles. The molecule has 6 rings (SSSR count). The maximum Gasteiger partial charge on any atom is 0.417 e. The van der Waals surface area contributed by atoms with Crippen molar-refractivity contribution in [3.63, 3.8) is 0 Å². The van der Waals surface area contributed by atoms with E-state index in [-0.39, 0.29) is 23.5 Å². The van der Waals surface area contributed by atoms with Gasteiger partial charge in [-0.05, 0) is 104 Å². The summed E-state index contributed by atoms with van der Waals surface area (Å²) in [5.74, 6) is 0.577. The van der Waals surface area contributed by atoms with E-state index in [0.29, 0.717) is 22.3 Å². The lowest BCUT2D eigenvalue weighted by Crippen LogP contribution is -2.44. The number of aliphatic hydroxyl groups excluding tert-OH is 1. The number of fused-ring (bicyclic) bond motifs is 2. The number of aryl methyl sites for hydroxylation is 2. The molecule has 282 valence electrons. The molecule has 53 heavy (non-hydrogen) atoms. The van der Waals surface area contributed by atoms with Crippen molar-refractivity contribution in [1.82, 2.24) is 9.97 Å². The average Bonchev–Trinajstić information content (AvgIpc) is 3.77. The van der Waals surface area contributed by atoms with Gasteiger partial charge in [-0.15, -0.1) is 11.8 Å². The normalized spacial score (nSPS) is 13.3. The summed E-state index contributed by atoms with van der Waals surface area (Å²) in [7, 11) is 1.64. The summed E-state index contributed by atoms with van der Waals surface area (Å²) in [4.78, 5) is 10.0. The molecule has 0 aliphatic rings. The quantitative estimate of drug-likeness (QED) is 0.0832. The molecule has 0 radical (unpaired) electrons. The molecular weight excluding hydrogens is 749 g/mol. The predicted octanol–water partition coefficient (Wildman–Crippen LogP) is 11.4. The first kappa shape index (κ1) is 40.2. The molecule has 2 unspecified atom stereocenters. The van der Waals surface area contributed by atoms with Crippen LogP contribution < -0.4 is 14.2 Å². The van der Waals surface area contributed by atoms with E-state index in [1.165, 1.54) is 41.7 Å². The summed E-state index contributed by atoms with van der Waals surface area (Å²) in [5, 5.41) is 20.4. The van der Waals surface area contributed by atoms with Crippen LogP contribution >= 0.6 is 34.4 Å². The van der Waals surface area contributed by atoms with Crippen LogP contribution in [0.4, 0.5) is 17.6 Å². The van der Waals surface area contributed by atoms with Gasteiger partial charge in [-0.2, -0.15) is 13.2 Å². The molecule has 2 atom stereocenters. The van der Waals surface area contributed by atoms with Gasteiger partial charge in [-0.25, -0.2) is 14.4 Å². The highest BCUT2D eigenvalue weighted by molar-refractivity contribution is 7.98. The number of para-hydroxylation sites is 2. The van der Waals surface area contributed by atoms with Gasteiger partial charge in [-0.3, -0.25) is 0 Å². The van der Waals surface area contributed by atoms with Crippen LogP contribution in [0.5, 0.6) is 27.6 Å². The highest BCUT2D eigenvalue weighted by atomic mass is 32.2. The largest absolute Gasteiger partial charge is 0.493 e. The molecule has 0 aliphatic carbocycles. The summed E-state index contributed by atoms with van der Waals surface area (Å²) in [6.45, 7) is 3.26. The van der Waals surface area contributed by atoms with E-state index in [1.807, 2.05) is 61.7 Å². The number of methoxy groups -OCH3 is 1. The van der Waals surface area contributed by atoms with Crippen LogP contribution in [-0.4, -0.2) is 51.4 Å². The molecule has 0 bridgehead atoms. The van der Waals surface area contributed by atoms with Crippen molar-refractivity contribution in [3.8, 4) is 27.6 Å². The summed E-state index contributed by atoms with van der Waals surface area (Å²) in [5.41, 5.74) is 0.403. The van der Waals surface area contributed by atoms with Crippen LogP contribution in [0.2, 0.25) is 0 Å². The number of nitrogens with zero attached hydrogens (tertiary/aromatic N) is 2. The Balaban J connectivity index is 0.000000204. The Morgan fingerprint density at radius 3 is 2.13 bits per heavy atom. The van der Waals surface area contributed by atoms with Gasteiger partial charge in [0.25, 0.3) is 10.4 Å². The summed E-state index contributed by atoms with van der Waals surface area (Å²) in [6, 6.07) is 23.4. The fraction of sp³-hybridized carbons (Fsp3) is 0.333. The number of thiazole rings is 2. The van der Waals surface area contributed by atoms with Crippen molar-refractivity contribution in [2.24, 2.45) is 0 Å². The topological polar surface area (TPSA) is 93.9 Å². The summed E-state index contributed by atoms with van der Waals surface area (Å²) >= 11 is 4.47. The second-order valence-electron chi connectivity index (χ2n) is 12.2. The Morgan fingerprint density at radius 2 is 1.47 bits per heavy atom. The highest BCUT2D eigenvalue weighted by Gasteiger charge is 2.51. The van der Waals surface area contributed by atoms with Crippen LogP contribution in [0, 0.1) is 5.82 Å². The first-order chi connectivity index (χ1) is 25.4. The first-order valence-electron chi connectivity index (χ1n) is 16.9. The fourth-order valence-electron chi connectivity index (χ4n) is 5.34. The third-order valence-electron chi connectivity index (χ3n) is 8.65. The van der Waals surface area contributed by atoms with Gasteiger partial charge in [0.05, 0.1) is 33.6 Å². The number of hydrogen-bond acceptors (Lipinski definition) is 10. The van der Waals surface area contributed by atoms with Crippen LogP contribution in [0.15, 0.2) is 83.8 Å². The SMILES string of the molecule is CCC(O)(CCc1ccc(Oc2nc3ccccc3s2)c(F)c1)C(F)(F)F.CCC(O)CCc1ccc(Oc2nc3c(SC)cccc3s2)c(OC)c1. The predicted molar refractivity (Wildman–Crippen MR) is 205 cm³/mol. The third-order valence-corrected chi connectivity index (χ3v) is 11.2. The van der Waals surface area contributed by atoms with E-state index in [2.05, 4.69) is 22.1 Å². The van der Waals surface area contributed by atoms with Crippen molar-refractivity contribution < 1.29 is 42.0 Å². The minimum atomic E-state index is -4.73. The maximum absolute atomic E-state index is 14.3. The molecule has 0 saturated heterocycles. The van der Waals surface area contributed by atoms with E-state index < -0.39 is 30.4 Å². The zero-order chi connectivity index (χ0) is 38.2. The highest BCUT2D eigenvalue weighted by Crippen LogP contribution is 2.40. The number of aliphatic hydroxyl groups is 2. The molecule has 0 spiro atoms. The Labute approximate surface area is 317 Å². The van der Waals surface area contributed by atoms with Gasteiger partial charge in [0, 0.05) is 4.90 Å². The zero-order valence-corrected chi connectivity index (χ0v) is 32.0. The van der Waals surface area contributed by atoms with E-state index in [0.717, 1.165) is 56.2 Å². The van der Waals surface area contributed by atoms with Crippen LogP contribution in [-0.2, 0) is 12.8 Å². The van der Waals surface area contributed by atoms with Gasteiger partial charge in [0.15, 0.2) is 28.7 Å². The molecule has 0 aliphatic heterocycles. The third kappa shape index (κ3) is 10.2. The van der Waals surface area contributed by atoms with Gasteiger partial charge >= 0.3 is 6.18 Å². The molecular formula is C39H40F4N2O5S3. The maximum atomic E-state index is 14.3. The zero-order valence-electron chi connectivity index (χ0n) is 29.6. The van der Waals surface area contributed by atoms with E-state index in [4.69, 9.17) is 14.2 Å². The minimum absolute atomic E-state index is 0.0561. The number of hydrogen-bond donors (Lipinski definition) is 2. The molecule has 2 N–H and O–H groups in total. The van der Waals surface area contributed by atoms with Crippen LogP contribution in [0.3, 0.4) is 0 Å². The Hall–Kier alpha value is -3.95. The first-order valence-corrected chi connectivity index (χ1v) is 19.8. The van der Waals surface area contributed by atoms with Crippen molar-refractivity contribution in [1.29, 1.82) is 0 Å². The number of alkyl halides is 3. The van der Waals surface area contributed by atoms with E-state index in [9.17, 15) is 27.8 Å².